The zero-order valence-corrected chi connectivity index (χ0v) is 12.3. The Balaban J connectivity index is 2.38. The van der Waals surface area contributed by atoms with E-state index in [4.69, 9.17) is 4.74 Å². The molecule has 7 heteroatoms. The summed E-state index contributed by atoms with van der Waals surface area (Å²) >= 11 is 0. The summed E-state index contributed by atoms with van der Waals surface area (Å²) < 4.78 is 33.5. The third kappa shape index (κ3) is 4.81. The Bertz CT molecular complexity index is 339. The Morgan fingerprint density at radius 1 is 1.44 bits per heavy atom. The molecule has 1 heterocycles. The van der Waals surface area contributed by atoms with Crippen molar-refractivity contribution in [2.24, 2.45) is 0 Å². The molecule has 1 atom stereocenters. The summed E-state index contributed by atoms with van der Waals surface area (Å²) in [4.78, 5) is 0. The Morgan fingerprint density at radius 3 is 2.72 bits per heavy atom. The average molecular weight is 279 g/mol. The molecule has 18 heavy (non-hydrogen) atoms. The molecule has 0 aromatic carbocycles. The maximum Gasteiger partial charge on any atom is 0.279 e. The monoisotopic (exact) mass is 279 g/mol. The van der Waals surface area contributed by atoms with E-state index in [1.54, 1.807) is 7.05 Å². The predicted molar refractivity (Wildman–Crippen MR) is 71.7 cm³/mol. The van der Waals surface area contributed by atoms with Gasteiger partial charge in [0.1, 0.15) is 0 Å². The fourth-order valence-corrected chi connectivity index (χ4v) is 3.01. The lowest BCUT2D eigenvalue weighted by molar-refractivity contribution is 0.0248. The van der Waals surface area contributed by atoms with Crippen LogP contribution in [0.5, 0.6) is 0 Å². The van der Waals surface area contributed by atoms with Crippen LogP contribution in [0, 0.1) is 0 Å². The quantitative estimate of drug-likeness (QED) is 0.610. The molecule has 108 valence electrons. The van der Waals surface area contributed by atoms with Crippen molar-refractivity contribution in [2.75, 3.05) is 40.3 Å². The number of rotatable bonds is 8. The lowest BCUT2D eigenvalue weighted by Crippen LogP contribution is -2.46. The summed E-state index contributed by atoms with van der Waals surface area (Å²) in [6.07, 6.45) is 2.69. The molecule has 0 radical (unpaired) electrons. The summed E-state index contributed by atoms with van der Waals surface area (Å²) in [6.45, 7) is 4.32. The van der Waals surface area contributed by atoms with E-state index in [1.807, 2.05) is 14.0 Å². The van der Waals surface area contributed by atoms with Crippen LogP contribution in [0.15, 0.2) is 0 Å². The van der Waals surface area contributed by atoms with Crippen LogP contribution in [-0.2, 0) is 14.9 Å². The van der Waals surface area contributed by atoms with Crippen LogP contribution < -0.4 is 10.0 Å². The smallest absolute Gasteiger partial charge is 0.279 e. The van der Waals surface area contributed by atoms with Crippen molar-refractivity contribution in [2.45, 2.75) is 31.8 Å². The number of hydrogen-bond donors (Lipinski definition) is 2. The van der Waals surface area contributed by atoms with Crippen LogP contribution in [0.4, 0.5) is 0 Å². The molecule has 0 aliphatic carbocycles. The molecule has 0 spiro atoms. The van der Waals surface area contributed by atoms with Gasteiger partial charge in [0.25, 0.3) is 10.2 Å². The van der Waals surface area contributed by atoms with Crippen LogP contribution in [0.3, 0.4) is 0 Å². The molecular formula is C11H25N3O3S. The minimum absolute atomic E-state index is 0.339. The summed E-state index contributed by atoms with van der Waals surface area (Å²) in [5.74, 6) is 0. The first kappa shape index (κ1) is 15.8. The first-order valence-corrected chi connectivity index (χ1v) is 7.83. The van der Waals surface area contributed by atoms with E-state index in [2.05, 4.69) is 10.0 Å². The third-order valence-electron chi connectivity index (χ3n) is 3.24. The third-order valence-corrected chi connectivity index (χ3v) is 4.75. The van der Waals surface area contributed by atoms with E-state index in [0.717, 1.165) is 32.4 Å². The van der Waals surface area contributed by atoms with E-state index < -0.39 is 10.2 Å². The second-order valence-corrected chi connectivity index (χ2v) is 6.87. The molecule has 6 nitrogen and oxygen atoms in total. The van der Waals surface area contributed by atoms with Crippen molar-refractivity contribution in [3.8, 4) is 0 Å². The highest BCUT2D eigenvalue weighted by Crippen LogP contribution is 2.24. The second kappa shape index (κ2) is 6.81. The van der Waals surface area contributed by atoms with Crippen molar-refractivity contribution in [3.05, 3.63) is 0 Å². The molecule has 0 saturated carbocycles. The molecule has 1 aliphatic rings. The van der Waals surface area contributed by atoms with E-state index in [9.17, 15) is 8.42 Å². The number of nitrogens with one attached hydrogen (secondary N) is 2. The van der Waals surface area contributed by atoms with Gasteiger partial charge in [0.2, 0.25) is 0 Å². The van der Waals surface area contributed by atoms with Gasteiger partial charge < -0.3 is 10.1 Å². The molecule has 1 unspecified atom stereocenters. The van der Waals surface area contributed by atoms with Crippen LogP contribution >= 0.6 is 0 Å². The van der Waals surface area contributed by atoms with Gasteiger partial charge in [-0.3, -0.25) is 0 Å². The van der Waals surface area contributed by atoms with Crippen LogP contribution in [0.25, 0.3) is 0 Å². The molecule has 0 amide bonds. The van der Waals surface area contributed by atoms with E-state index >= 15 is 0 Å². The summed E-state index contributed by atoms with van der Waals surface area (Å²) in [5.41, 5.74) is -0.348. The first-order chi connectivity index (χ1) is 8.40. The predicted octanol–water partition coefficient (Wildman–Crippen LogP) is -0.0688. The number of nitrogens with zero attached hydrogens (tertiary/aromatic N) is 1. The molecule has 1 fully saturated rings. The highest BCUT2D eigenvalue weighted by molar-refractivity contribution is 7.87. The average Bonchev–Trinajstić information content (AvgIpc) is 2.75. The molecule has 1 aliphatic heterocycles. The van der Waals surface area contributed by atoms with Crippen molar-refractivity contribution >= 4 is 10.2 Å². The van der Waals surface area contributed by atoms with Gasteiger partial charge in [0, 0.05) is 26.7 Å². The van der Waals surface area contributed by atoms with Crippen LogP contribution in [-0.4, -0.2) is 58.7 Å². The minimum atomic E-state index is -3.39. The second-order valence-electron chi connectivity index (χ2n) is 5.01. The molecule has 0 aromatic rings. The van der Waals surface area contributed by atoms with Gasteiger partial charge in [0.15, 0.2) is 0 Å². The highest BCUT2D eigenvalue weighted by atomic mass is 32.2. The Kier molecular flexibility index (Phi) is 6.00. The standard InChI is InChI=1S/C11H25N3O3S/c1-11(6-4-9-17-11)10-13-18(15,16)14(3)8-5-7-12-2/h12-13H,4-10H2,1-3H3. The highest BCUT2D eigenvalue weighted by Gasteiger charge is 2.31. The van der Waals surface area contributed by atoms with E-state index in [0.29, 0.717) is 13.1 Å². The summed E-state index contributed by atoms with van der Waals surface area (Å²) in [7, 11) is 0.0545. The molecule has 0 bridgehead atoms. The van der Waals surface area contributed by atoms with Gasteiger partial charge in [-0.2, -0.15) is 17.4 Å². The minimum Gasteiger partial charge on any atom is -0.374 e. The van der Waals surface area contributed by atoms with Gasteiger partial charge in [-0.1, -0.05) is 0 Å². The number of ether oxygens (including phenoxy) is 1. The maximum atomic E-state index is 12.0. The summed E-state index contributed by atoms with van der Waals surface area (Å²) in [6, 6.07) is 0. The van der Waals surface area contributed by atoms with Crippen molar-refractivity contribution in [1.29, 1.82) is 0 Å². The van der Waals surface area contributed by atoms with Crippen LogP contribution in [0.2, 0.25) is 0 Å². The lowest BCUT2D eigenvalue weighted by Gasteiger charge is -2.25. The lowest BCUT2D eigenvalue weighted by atomic mass is 10.0. The molecular weight excluding hydrogens is 254 g/mol. The molecule has 1 rings (SSSR count). The largest absolute Gasteiger partial charge is 0.374 e. The maximum absolute atomic E-state index is 12.0. The van der Waals surface area contributed by atoms with Crippen molar-refractivity contribution in [3.63, 3.8) is 0 Å². The Hall–Kier alpha value is -0.210. The Morgan fingerprint density at radius 2 is 2.17 bits per heavy atom. The van der Waals surface area contributed by atoms with Gasteiger partial charge >= 0.3 is 0 Å². The molecule has 0 aromatic heterocycles. The topological polar surface area (TPSA) is 70.7 Å². The van der Waals surface area contributed by atoms with Gasteiger partial charge in [-0.25, -0.2) is 0 Å². The van der Waals surface area contributed by atoms with Crippen molar-refractivity contribution < 1.29 is 13.2 Å². The number of hydrogen-bond acceptors (Lipinski definition) is 4. The molecule has 1 saturated heterocycles. The fraction of sp³-hybridized carbons (Fsp3) is 1.00. The van der Waals surface area contributed by atoms with E-state index in [-0.39, 0.29) is 5.60 Å². The van der Waals surface area contributed by atoms with Gasteiger partial charge in [-0.05, 0) is 39.8 Å². The SMILES string of the molecule is CNCCCN(C)S(=O)(=O)NCC1(C)CCCO1. The van der Waals surface area contributed by atoms with Crippen LogP contribution in [0.1, 0.15) is 26.2 Å². The van der Waals surface area contributed by atoms with Gasteiger partial charge in [0.05, 0.1) is 5.60 Å². The van der Waals surface area contributed by atoms with Crippen molar-refractivity contribution in [1.82, 2.24) is 14.3 Å². The normalized spacial score (nSPS) is 24.9. The fourth-order valence-electron chi connectivity index (χ4n) is 1.93. The first-order valence-electron chi connectivity index (χ1n) is 6.39. The summed E-state index contributed by atoms with van der Waals surface area (Å²) in [5, 5.41) is 3.00. The zero-order chi connectivity index (χ0) is 13.6. The Labute approximate surface area is 110 Å². The zero-order valence-electron chi connectivity index (χ0n) is 11.5. The van der Waals surface area contributed by atoms with E-state index in [1.165, 1.54) is 4.31 Å². The molecule has 2 N–H and O–H groups in total. The van der Waals surface area contributed by atoms with Gasteiger partial charge in [-0.15, -0.1) is 0 Å².